The minimum atomic E-state index is -4.00. The average Bonchev–Trinajstić information content (AvgIpc) is 3.30. The predicted molar refractivity (Wildman–Crippen MR) is 116 cm³/mol. The molecule has 9 heteroatoms. The monoisotopic (exact) mass is 448 g/mol. The van der Waals surface area contributed by atoms with Gasteiger partial charge in [0.1, 0.15) is 6.04 Å². The summed E-state index contributed by atoms with van der Waals surface area (Å²) in [5, 5.41) is 2.82. The van der Waals surface area contributed by atoms with Gasteiger partial charge in [-0.25, -0.2) is 8.42 Å². The van der Waals surface area contributed by atoms with Crippen molar-refractivity contribution in [1.82, 2.24) is 10.0 Å². The molecule has 1 aliphatic rings. The van der Waals surface area contributed by atoms with E-state index in [0.717, 1.165) is 18.4 Å². The highest BCUT2D eigenvalue weighted by Crippen LogP contribution is 2.29. The second kappa shape index (κ2) is 10.6. The zero-order chi connectivity index (χ0) is 22.3. The molecule has 0 unspecified atom stereocenters. The molecule has 2 atom stereocenters. The molecule has 1 heterocycles. The number of ether oxygens (including phenoxy) is 3. The molecule has 0 bridgehead atoms. The number of methoxy groups -OCH3 is 2. The number of hydrogen-bond acceptors (Lipinski definition) is 6. The zero-order valence-electron chi connectivity index (χ0n) is 17.7. The van der Waals surface area contributed by atoms with Crippen LogP contribution in [0.25, 0.3) is 0 Å². The van der Waals surface area contributed by atoms with Crippen molar-refractivity contribution in [3.8, 4) is 11.5 Å². The maximum atomic E-state index is 13.1. The van der Waals surface area contributed by atoms with Gasteiger partial charge in [-0.2, -0.15) is 4.72 Å². The molecule has 2 aromatic rings. The molecule has 2 aromatic carbocycles. The summed E-state index contributed by atoms with van der Waals surface area (Å²) in [7, 11) is -1.10. The van der Waals surface area contributed by atoms with Crippen LogP contribution in [-0.4, -0.2) is 53.8 Å². The van der Waals surface area contributed by atoms with Crippen molar-refractivity contribution in [1.29, 1.82) is 0 Å². The van der Waals surface area contributed by atoms with Crippen LogP contribution in [0.4, 0.5) is 0 Å². The highest BCUT2D eigenvalue weighted by molar-refractivity contribution is 7.89. The summed E-state index contributed by atoms with van der Waals surface area (Å²) in [4.78, 5) is 12.9. The SMILES string of the molecule is COc1ccc(S(=O)(=O)N[C@H](Cc2ccccc2)C(=O)NC[C@H]2CCCO2)cc1OC. The van der Waals surface area contributed by atoms with Gasteiger partial charge in [0.05, 0.1) is 25.2 Å². The summed E-state index contributed by atoms with van der Waals surface area (Å²) < 4.78 is 44.6. The molecule has 31 heavy (non-hydrogen) atoms. The van der Waals surface area contributed by atoms with Gasteiger partial charge in [-0.15, -0.1) is 0 Å². The van der Waals surface area contributed by atoms with Gasteiger partial charge in [-0.3, -0.25) is 4.79 Å². The lowest BCUT2D eigenvalue weighted by molar-refractivity contribution is -0.123. The predicted octanol–water partition coefficient (Wildman–Crippen LogP) is 1.89. The van der Waals surface area contributed by atoms with E-state index in [1.807, 2.05) is 30.3 Å². The molecular weight excluding hydrogens is 420 g/mol. The Hall–Kier alpha value is -2.62. The molecule has 0 radical (unpaired) electrons. The van der Waals surface area contributed by atoms with Gasteiger partial charge < -0.3 is 19.5 Å². The van der Waals surface area contributed by atoms with Crippen molar-refractivity contribution in [2.75, 3.05) is 27.4 Å². The molecule has 1 aliphatic heterocycles. The largest absolute Gasteiger partial charge is 0.493 e. The number of sulfonamides is 1. The first-order valence-corrected chi connectivity index (χ1v) is 11.6. The van der Waals surface area contributed by atoms with Crippen LogP contribution in [0, 0.1) is 0 Å². The van der Waals surface area contributed by atoms with Crippen molar-refractivity contribution < 1.29 is 27.4 Å². The molecule has 8 nitrogen and oxygen atoms in total. The van der Waals surface area contributed by atoms with Crippen molar-refractivity contribution in [3.63, 3.8) is 0 Å². The fraction of sp³-hybridized carbons (Fsp3) is 0.409. The molecule has 1 saturated heterocycles. The van der Waals surface area contributed by atoms with E-state index in [-0.39, 0.29) is 23.2 Å². The van der Waals surface area contributed by atoms with Crippen molar-refractivity contribution >= 4 is 15.9 Å². The minimum absolute atomic E-state index is 0.0184. The Morgan fingerprint density at radius 3 is 2.52 bits per heavy atom. The van der Waals surface area contributed by atoms with Gasteiger partial charge in [0.2, 0.25) is 15.9 Å². The average molecular weight is 449 g/mol. The number of rotatable bonds is 10. The summed E-state index contributed by atoms with van der Waals surface area (Å²) in [5.41, 5.74) is 0.842. The van der Waals surface area contributed by atoms with E-state index in [4.69, 9.17) is 14.2 Å². The molecule has 0 aliphatic carbocycles. The fourth-order valence-corrected chi connectivity index (χ4v) is 4.63. The molecule has 3 rings (SSSR count). The number of amides is 1. The second-order valence-corrected chi connectivity index (χ2v) is 8.97. The van der Waals surface area contributed by atoms with E-state index >= 15 is 0 Å². The highest BCUT2D eigenvalue weighted by atomic mass is 32.2. The smallest absolute Gasteiger partial charge is 0.241 e. The van der Waals surface area contributed by atoms with E-state index < -0.39 is 22.0 Å². The summed E-state index contributed by atoms with van der Waals surface area (Å²) in [6.45, 7) is 1.03. The van der Waals surface area contributed by atoms with Crippen LogP contribution in [0.15, 0.2) is 53.4 Å². The first kappa shape index (κ1) is 23.1. The summed E-state index contributed by atoms with van der Waals surface area (Å²) in [6.07, 6.45) is 2.01. The number of carbonyl (C=O) groups is 1. The highest BCUT2D eigenvalue weighted by Gasteiger charge is 2.28. The second-order valence-electron chi connectivity index (χ2n) is 7.26. The van der Waals surface area contributed by atoms with Crippen LogP contribution in [0.3, 0.4) is 0 Å². The Morgan fingerprint density at radius 1 is 1.13 bits per heavy atom. The lowest BCUT2D eigenvalue weighted by atomic mass is 10.1. The molecule has 0 saturated carbocycles. The van der Waals surface area contributed by atoms with Crippen LogP contribution in [0.2, 0.25) is 0 Å². The topological polar surface area (TPSA) is 103 Å². The van der Waals surface area contributed by atoms with Crippen molar-refractivity contribution in [2.45, 2.75) is 36.3 Å². The number of carbonyl (C=O) groups excluding carboxylic acids is 1. The Morgan fingerprint density at radius 2 is 1.87 bits per heavy atom. The number of hydrogen-bond donors (Lipinski definition) is 2. The quantitative estimate of drug-likeness (QED) is 0.575. The van der Waals surface area contributed by atoms with Gasteiger partial charge in [0.25, 0.3) is 0 Å². The first-order chi connectivity index (χ1) is 14.9. The molecule has 0 spiro atoms. The van der Waals surface area contributed by atoms with Gasteiger partial charge in [-0.1, -0.05) is 30.3 Å². The summed E-state index contributed by atoms with van der Waals surface area (Å²) in [6, 6.07) is 12.6. The van der Waals surface area contributed by atoms with E-state index in [1.54, 1.807) is 0 Å². The molecule has 1 fully saturated rings. The van der Waals surface area contributed by atoms with Crippen LogP contribution in [-0.2, 0) is 26.0 Å². The zero-order valence-corrected chi connectivity index (χ0v) is 18.5. The van der Waals surface area contributed by atoms with E-state index in [9.17, 15) is 13.2 Å². The Balaban J connectivity index is 1.79. The summed E-state index contributed by atoms with van der Waals surface area (Å²) >= 11 is 0. The fourth-order valence-electron chi connectivity index (χ4n) is 3.42. The van der Waals surface area contributed by atoms with Gasteiger partial charge >= 0.3 is 0 Å². The minimum Gasteiger partial charge on any atom is -0.493 e. The molecule has 2 N–H and O–H groups in total. The van der Waals surface area contributed by atoms with Gasteiger partial charge in [-0.05, 0) is 37.0 Å². The third-order valence-electron chi connectivity index (χ3n) is 5.09. The first-order valence-electron chi connectivity index (χ1n) is 10.1. The van der Waals surface area contributed by atoms with E-state index in [0.29, 0.717) is 18.9 Å². The molecule has 1 amide bonds. The molecule has 0 aromatic heterocycles. The Labute approximate surface area is 182 Å². The Bertz CT molecular complexity index is 975. The third kappa shape index (κ3) is 6.19. The molecular formula is C22H28N2O6S. The Kier molecular flexibility index (Phi) is 7.89. The van der Waals surface area contributed by atoms with Crippen LogP contribution < -0.4 is 19.5 Å². The number of benzene rings is 2. The lowest BCUT2D eigenvalue weighted by Crippen LogP contribution is -2.49. The normalized spacial score (nSPS) is 17.2. The standard InChI is InChI=1S/C22H28N2O6S/c1-28-20-11-10-18(14-21(20)29-2)31(26,27)24-19(13-16-7-4-3-5-8-16)22(25)23-15-17-9-6-12-30-17/h3-5,7-8,10-11,14,17,19,24H,6,9,12-13,15H2,1-2H3,(H,23,25)/t17-,19-/m1/s1. The lowest BCUT2D eigenvalue weighted by Gasteiger charge is -2.20. The maximum absolute atomic E-state index is 13.1. The third-order valence-corrected chi connectivity index (χ3v) is 6.56. The molecule has 168 valence electrons. The van der Waals surface area contributed by atoms with Crippen molar-refractivity contribution in [3.05, 3.63) is 54.1 Å². The van der Waals surface area contributed by atoms with Crippen LogP contribution >= 0.6 is 0 Å². The van der Waals surface area contributed by atoms with Gasteiger partial charge in [0, 0.05) is 19.2 Å². The van der Waals surface area contributed by atoms with Crippen molar-refractivity contribution in [2.24, 2.45) is 0 Å². The summed E-state index contributed by atoms with van der Waals surface area (Å²) in [5.74, 6) is 0.299. The van der Waals surface area contributed by atoms with E-state index in [2.05, 4.69) is 10.0 Å². The van der Waals surface area contributed by atoms with Gasteiger partial charge in [0.15, 0.2) is 11.5 Å². The van der Waals surface area contributed by atoms with Crippen LogP contribution in [0.1, 0.15) is 18.4 Å². The van der Waals surface area contributed by atoms with Crippen LogP contribution in [0.5, 0.6) is 11.5 Å². The maximum Gasteiger partial charge on any atom is 0.241 e. The number of nitrogens with one attached hydrogen (secondary N) is 2. The van der Waals surface area contributed by atoms with E-state index in [1.165, 1.54) is 32.4 Å².